The zero-order valence-corrected chi connectivity index (χ0v) is 16.1. The molecule has 1 aromatic heterocycles. The van der Waals surface area contributed by atoms with Gasteiger partial charge < -0.3 is 10.6 Å². The highest BCUT2D eigenvalue weighted by Crippen LogP contribution is 2.15. The standard InChI is InChI=1S/C17H22FN5.HI/c1-13-3-2-9-22(12-13)17(19)20-11-15-8-10-23(21-15)16-6-4-14(18)5-7-16;/h4-8,10,13H,2-3,9,11-12H2,1H3,(H2,19,20);1H. The fraction of sp³-hybridized carbons (Fsp3) is 0.412. The van der Waals surface area contributed by atoms with Crippen LogP contribution in [0.5, 0.6) is 0 Å². The quantitative estimate of drug-likeness (QED) is 0.451. The summed E-state index contributed by atoms with van der Waals surface area (Å²) >= 11 is 0. The van der Waals surface area contributed by atoms with E-state index in [1.54, 1.807) is 16.8 Å². The van der Waals surface area contributed by atoms with Crippen LogP contribution in [-0.2, 0) is 6.54 Å². The van der Waals surface area contributed by atoms with Crippen molar-refractivity contribution in [1.82, 2.24) is 14.7 Å². The number of benzene rings is 1. The van der Waals surface area contributed by atoms with Gasteiger partial charge in [0.15, 0.2) is 5.96 Å². The Morgan fingerprint density at radius 2 is 2.08 bits per heavy atom. The lowest BCUT2D eigenvalue weighted by atomic mass is 10.0. The van der Waals surface area contributed by atoms with E-state index < -0.39 is 0 Å². The highest BCUT2D eigenvalue weighted by molar-refractivity contribution is 14.0. The van der Waals surface area contributed by atoms with E-state index >= 15 is 0 Å². The summed E-state index contributed by atoms with van der Waals surface area (Å²) in [7, 11) is 0. The zero-order chi connectivity index (χ0) is 16.2. The molecule has 1 saturated heterocycles. The van der Waals surface area contributed by atoms with Crippen LogP contribution in [-0.4, -0.2) is 33.7 Å². The van der Waals surface area contributed by atoms with Crippen LogP contribution in [0.15, 0.2) is 41.5 Å². The monoisotopic (exact) mass is 443 g/mol. The van der Waals surface area contributed by atoms with Crippen LogP contribution in [0.2, 0.25) is 0 Å². The molecule has 0 amide bonds. The van der Waals surface area contributed by atoms with Crippen LogP contribution < -0.4 is 5.73 Å². The maximum absolute atomic E-state index is 13.0. The molecule has 1 aliphatic heterocycles. The van der Waals surface area contributed by atoms with Gasteiger partial charge in [-0.25, -0.2) is 14.1 Å². The maximum atomic E-state index is 13.0. The lowest BCUT2D eigenvalue weighted by molar-refractivity contribution is 0.270. The van der Waals surface area contributed by atoms with E-state index in [1.807, 2.05) is 12.3 Å². The Labute approximate surface area is 158 Å². The van der Waals surface area contributed by atoms with E-state index in [0.717, 1.165) is 30.9 Å². The van der Waals surface area contributed by atoms with E-state index in [2.05, 4.69) is 21.9 Å². The van der Waals surface area contributed by atoms with Gasteiger partial charge in [-0.2, -0.15) is 5.10 Å². The van der Waals surface area contributed by atoms with Crippen LogP contribution in [0.4, 0.5) is 4.39 Å². The molecule has 2 N–H and O–H groups in total. The molecule has 2 aromatic rings. The first-order valence-electron chi connectivity index (χ1n) is 7.97. The Bertz CT molecular complexity index is 683. The molecule has 0 bridgehead atoms. The maximum Gasteiger partial charge on any atom is 0.191 e. The molecule has 1 aliphatic rings. The number of likely N-dealkylation sites (tertiary alicyclic amines) is 1. The minimum atomic E-state index is -0.255. The van der Waals surface area contributed by atoms with Crippen LogP contribution >= 0.6 is 24.0 Å². The van der Waals surface area contributed by atoms with Gasteiger partial charge in [0.2, 0.25) is 0 Å². The summed E-state index contributed by atoms with van der Waals surface area (Å²) in [5, 5.41) is 4.46. The first kappa shape index (κ1) is 18.7. The fourth-order valence-electron chi connectivity index (χ4n) is 2.84. The van der Waals surface area contributed by atoms with Gasteiger partial charge in [0.25, 0.3) is 0 Å². The van der Waals surface area contributed by atoms with E-state index in [4.69, 9.17) is 5.73 Å². The summed E-state index contributed by atoms with van der Waals surface area (Å²) in [5.41, 5.74) is 7.75. The predicted molar refractivity (Wildman–Crippen MR) is 104 cm³/mol. The molecule has 1 aromatic carbocycles. The number of aliphatic imine (C=N–C) groups is 1. The number of halogens is 2. The molecule has 1 unspecified atom stereocenters. The van der Waals surface area contributed by atoms with Crippen molar-refractivity contribution in [1.29, 1.82) is 0 Å². The second-order valence-electron chi connectivity index (χ2n) is 6.10. The normalized spacial score (nSPS) is 18.3. The Morgan fingerprint density at radius 1 is 1.33 bits per heavy atom. The Morgan fingerprint density at radius 3 is 2.79 bits per heavy atom. The molecule has 24 heavy (non-hydrogen) atoms. The fourth-order valence-corrected chi connectivity index (χ4v) is 2.84. The summed E-state index contributed by atoms with van der Waals surface area (Å²) in [4.78, 5) is 6.60. The Balaban J connectivity index is 0.00000208. The number of nitrogens with zero attached hydrogens (tertiary/aromatic N) is 4. The molecular weight excluding hydrogens is 420 g/mol. The number of nitrogens with two attached hydrogens (primary N) is 1. The largest absolute Gasteiger partial charge is 0.370 e. The van der Waals surface area contributed by atoms with E-state index in [9.17, 15) is 4.39 Å². The van der Waals surface area contributed by atoms with Gasteiger partial charge in [-0.1, -0.05) is 6.92 Å². The summed E-state index contributed by atoms with van der Waals surface area (Å²) in [6, 6.07) is 8.13. The predicted octanol–water partition coefficient (Wildman–Crippen LogP) is 3.18. The molecule has 130 valence electrons. The Hall–Kier alpha value is -1.64. The molecular formula is C17H23FIN5. The number of hydrogen-bond acceptors (Lipinski definition) is 2. The van der Waals surface area contributed by atoms with Crippen molar-refractivity contribution in [3.8, 4) is 5.69 Å². The van der Waals surface area contributed by atoms with Crippen LogP contribution in [0.3, 0.4) is 0 Å². The van der Waals surface area contributed by atoms with Gasteiger partial charge >= 0.3 is 0 Å². The molecule has 0 aliphatic carbocycles. The molecule has 5 nitrogen and oxygen atoms in total. The van der Waals surface area contributed by atoms with Gasteiger partial charge in [-0.3, -0.25) is 0 Å². The number of aromatic nitrogens is 2. The molecule has 2 heterocycles. The van der Waals surface area contributed by atoms with E-state index in [0.29, 0.717) is 18.4 Å². The molecule has 0 saturated carbocycles. The number of guanidine groups is 1. The molecule has 0 radical (unpaired) electrons. The van der Waals surface area contributed by atoms with Crippen molar-refractivity contribution in [2.45, 2.75) is 26.3 Å². The summed E-state index contributed by atoms with van der Waals surface area (Å²) in [6.45, 7) is 4.64. The number of piperidine rings is 1. The van der Waals surface area contributed by atoms with Gasteiger partial charge in [0.1, 0.15) is 5.82 Å². The average Bonchev–Trinajstić information content (AvgIpc) is 3.02. The highest BCUT2D eigenvalue weighted by Gasteiger charge is 2.17. The minimum Gasteiger partial charge on any atom is -0.370 e. The van der Waals surface area contributed by atoms with Crippen molar-refractivity contribution >= 4 is 29.9 Å². The van der Waals surface area contributed by atoms with Crippen LogP contribution in [0.25, 0.3) is 5.69 Å². The second-order valence-corrected chi connectivity index (χ2v) is 6.10. The van der Waals surface area contributed by atoms with E-state index in [-0.39, 0.29) is 29.8 Å². The SMILES string of the molecule is CC1CCCN(C(N)=NCc2ccn(-c3ccc(F)cc3)n2)C1.I. The first-order valence-corrected chi connectivity index (χ1v) is 7.97. The van der Waals surface area contributed by atoms with E-state index in [1.165, 1.54) is 18.6 Å². The summed E-state index contributed by atoms with van der Waals surface area (Å²) in [6.07, 6.45) is 4.26. The smallest absolute Gasteiger partial charge is 0.191 e. The Kier molecular flexibility index (Phi) is 6.59. The first-order chi connectivity index (χ1) is 11.1. The third kappa shape index (κ3) is 4.68. The average molecular weight is 443 g/mol. The molecule has 1 fully saturated rings. The lowest BCUT2D eigenvalue weighted by Crippen LogP contribution is -2.43. The highest BCUT2D eigenvalue weighted by atomic mass is 127. The second kappa shape index (κ2) is 8.46. The summed E-state index contributed by atoms with van der Waals surface area (Å²) in [5.74, 6) is 0.998. The van der Waals surface area contributed by atoms with Crippen LogP contribution in [0, 0.1) is 11.7 Å². The molecule has 1 atom stereocenters. The van der Waals surface area contributed by atoms with Crippen molar-refractivity contribution in [2.75, 3.05) is 13.1 Å². The van der Waals surface area contributed by atoms with Crippen molar-refractivity contribution < 1.29 is 4.39 Å². The lowest BCUT2D eigenvalue weighted by Gasteiger charge is -2.31. The van der Waals surface area contributed by atoms with Gasteiger partial charge in [0, 0.05) is 19.3 Å². The number of hydrogen-bond donors (Lipinski definition) is 1. The zero-order valence-electron chi connectivity index (χ0n) is 13.7. The van der Waals surface area contributed by atoms with Crippen LogP contribution in [0.1, 0.15) is 25.5 Å². The summed E-state index contributed by atoms with van der Waals surface area (Å²) < 4.78 is 14.7. The van der Waals surface area contributed by atoms with Gasteiger partial charge in [0.05, 0.1) is 17.9 Å². The molecule has 7 heteroatoms. The third-order valence-corrected chi connectivity index (χ3v) is 4.12. The minimum absolute atomic E-state index is 0. The van der Waals surface area contributed by atoms with Gasteiger partial charge in [-0.15, -0.1) is 24.0 Å². The van der Waals surface area contributed by atoms with Crippen molar-refractivity contribution in [3.63, 3.8) is 0 Å². The van der Waals surface area contributed by atoms with Crippen molar-refractivity contribution in [3.05, 3.63) is 48.0 Å². The van der Waals surface area contributed by atoms with Crippen molar-refractivity contribution in [2.24, 2.45) is 16.6 Å². The number of rotatable bonds is 3. The molecule has 3 rings (SSSR count). The van der Waals surface area contributed by atoms with Gasteiger partial charge in [-0.05, 0) is 49.1 Å². The topological polar surface area (TPSA) is 59.4 Å². The third-order valence-electron chi connectivity index (χ3n) is 4.12. The molecule has 0 spiro atoms.